The van der Waals surface area contributed by atoms with E-state index in [2.05, 4.69) is 4.98 Å². The lowest BCUT2D eigenvalue weighted by Gasteiger charge is -2.04. The number of aromatic nitrogens is 2. The molecular formula is C16H14N2O3. The number of nitrogens with zero attached hydrogens (tertiary/aromatic N) is 2. The van der Waals surface area contributed by atoms with Crippen molar-refractivity contribution in [2.75, 3.05) is 0 Å². The van der Waals surface area contributed by atoms with E-state index in [-0.39, 0.29) is 12.3 Å². The number of carboxylic acids is 1. The van der Waals surface area contributed by atoms with Gasteiger partial charge in [0, 0.05) is 6.20 Å². The molecule has 0 aliphatic rings. The number of pyridine rings is 1. The van der Waals surface area contributed by atoms with E-state index < -0.39 is 5.97 Å². The average molecular weight is 282 g/mol. The summed E-state index contributed by atoms with van der Waals surface area (Å²) in [6.45, 7) is 2.03. The maximum atomic E-state index is 11.5. The predicted molar refractivity (Wildman–Crippen MR) is 77.7 cm³/mol. The third-order valence-corrected chi connectivity index (χ3v) is 3.16. The van der Waals surface area contributed by atoms with Crippen molar-refractivity contribution < 1.29 is 14.6 Å². The van der Waals surface area contributed by atoms with Gasteiger partial charge in [-0.2, -0.15) is 0 Å². The number of imidazole rings is 1. The van der Waals surface area contributed by atoms with E-state index in [4.69, 9.17) is 4.74 Å². The third kappa shape index (κ3) is 2.58. The van der Waals surface area contributed by atoms with Gasteiger partial charge in [0.1, 0.15) is 23.7 Å². The summed E-state index contributed by atoms with van der Waals surface area (Å²) in [5.41, 5.74) is 2.13. The molecule has 0 amide bonds. The molecule has 0 bridgehead atoms. The molecule has 0 aliphatic heterocycles. The highest BCUT2D eigenvalue weighted by Gasteiger charge is 2.19. The van der Waals surface area contributed by atoms with E-state index >= 15 is 0 Å². The van der Waals surface area contributed by atoms with E-state index in [0.717, 1.165) is 5.56 Å². The summed E-state index contributed by atoms with van der Waals surface area (Å²) in [6, 6.07) is 13.0. The fourth-order valence-corrected chi connectivity index (χ4v) is 2.20. The van der Waals surface area contributed by atoms with E-state index in [9.17, 15) is 9.90 Å². The highest BCUT2D eigenvalue weighted by molar-refractivity contribution is 5.88. The Morgan fingerprint density at radius 2 is 2.00 bits per heavy atom. The van der Waals surface area contributed by atoms with Gasteiger partial charge in [0.2, 0.25) is 0 Å². The maximum absolute atomic E-state index is 11.5. The van der Waals surface area contributed by atoms with Gasteiger partial charge in [0.05, 0.1) is 0 Å². The van der Waals surface area contributed by atoms with Gasteiger partial charge in [-0.1, -0.05) is 24.3 Å². The van der Waals surface area contributed by atoms with Gasteiger partial charge in [-0.25, -0.2) is 9.78 Å². The molecule has 0 saturated heterocycles. The second-order valence-corrected chi connectivity index (χ2v) is 4.75. The molecule has 2 aromatic heterocycles. The van der Waals surface area contributed by atoms with Gasteiger partial charge in [0.15, 0.2) is 5.69 Å². The Kier molecular flexibility index (Phi) is 3.31. The Morgan fingerprint density at radius 1 is 1.24 bits per heavy atom. The summed E-state index contributed by atoms with van der Waals surface area (Å²) in [5.74, 6) is -0.332. The van der Waals surface area contributed by atoms with Crippen molar-refractivity contribution in [1.82, 2.24) is 9.38 Å². The zero-order valence-electron chi connectivity index (χ0n) is 11.5. The highest BCUT2D eigenvalue weighted by Crippen LogP contribution is 2.17. The summed E-state index contributed by atoms with van der Waals surface area (Å²) in [4.78, 5) is 15.9. The summed E-state index contributed by atoms with van der Waals surface area (Å²) in [6.07, 6.45) is 1.76. The minimum Gasteiger partial charge on any atom is -0.487 e. The Labute approximate surface area is 121 Å². The molecule has 21 heavy (non-hydrogen) atoms. The highest BCUT2D eigenvalue weighted by atomic mass is 16.5. The number of carboxylic acid groups (broad SMARTS) is 1. The summed E-state index contributed by atoms with van der Waals surface area (Å²) in [7, 11) is 0. The lowest BCUT2D eigenvalue weighted by Crippen LogP contribution is -2.07. The first kappa shape index (κ1) is 13.2. The van der Waals surface area contributed by atoms with Crippen LogP contribution in [0, 0.1) is 6.92 Å². The van der Waals surface area contributed by atoms with E-state index in [0.29, 0.717) is 17.1 Å². The first-order valence-corrected chi connectivity index (χ1v) is 6.54. The van der Waals surface area contributed by atoms with Crippen molar-refractivity contribution in [1.29, 1.82) is 0 Å². The minimum atomic E-state index is -1.01. The van der Waals surface area contributed by atoms with Crippen LogP contribution in [0.3, 0.4) is 0 Å². The van der Waals surface area contributed by atoms with Crippen LogP contribution in [0.5, 0.6) is 5.75 Å². The van der Waals surface area contributed by atoms with Crippen LogP contribution in [0.4, 0.5) is 0 Å². The van der Waals surface area contributed by atoms with Crippen LogP contribution in [-0.2, 0) is 6.61 Å². The van der Waals surface area contributed by atoms with Crippen molar-refractivity contribution in [3.8, 4) is 5.75 Å². The van der Waals surface area contributed by atoms with Crippen molar-refractivity contribution in [3.05, 3.63) is 65.6 Å². The Bertz CT molecular complexity index is 794. The number of carbonyl (C=O) groups is 1. The molecule has 1 aromatic carbocycles. The molecule has 0 saturated carbocycles. The SMILES string of the molecule is Cc1ccc2nc(COc3ccccc3)c(C(=O)O)n2c1. The van der Waals surface area contributed by atoms with Crippen LogP contribution in [0.2, 0.25) is 0 Å². The van der Waals surface area contributed by atoms with Gasteiger partial charge in [-0.05, 0) is 30.7 Å². The van der Waals surface area contributed by atoms with Crippen molar-refractivity contribution in [2.24, 2.45) is 0 Å². The summed E-state index contributed by atoms with van der Waals surface area (Å²) >= 11 is 0. The number of aryl methyl sites for hydroxylation is 1. The van der Waals surface area contributed by atoms with Crippen LogP contribution in [0.1, 0.15) is 21.7 Å². The number of hydrogen-bond donors (Lipinski definition) is 1. The minimum absolute atomic E-state index is 0.117. The third-order valence-electron chi connectivity index (χ3n) is 3.16. The Balaban J connectivity index is 1.98. The summed E-state index contributed by atoms with van der Waals surface area (Å²) in [5, 5.41) is 9.42. The molecule has 1 N–H and O–H groups in total. The Morgan fingerprint density at radius 3 is 2.71 bits per heavy atom. The largest absolute Gasteiger partial charge is 0.487 e. The van der Waals surface area contributed by atoms with Crippen LogP contribution in [-0.4, -0.2) is 20.5 Å². The molecule has 0 radical (unpaired) electrons. The molecule has 0 aliphatic carbocycles. The molecule has 2 heterocycles. The van der Waals surface area contributed by atoms with Gasteiger partial charge in [0.25, 0.3) is 0 Å². The normalized spacial score (nSPS) is 10.7. The molecule has 0 unspecified atom stereocenters. The molecule has 0 atom stereocenters. The van der Waals surface area contributed by atoms with Crippen LogP contribution < -0.4 is 4.74 Å². The maximum Gasteiger partial charge on any atom is 0.354 e. The average Bonchev–Trinajstić information content (AvgIpc) is 2.84. The zero-order valence-corrected chi connectivity index (χ0v) is 11.5. The molecule has 0 spiro atoms. The first-order chi connectivity index (χ1) is 10.1. The monoisotopic (exact) mass is 282 g/mol. The number of benzene rings is 1. The Hall–Kier alpha value is -2.82. The van der Waals surface area contributed by atoms with E-state index in [1.807, 2.05) is 43.3 Å². The number of hydrogen-bond acceptors (Lipinski definition) is 3. The standard InChI is InChI=1S/C16H14N2O3/c1-11-7-8-14-17-13(15(16(19)20)18(14)9-11)10-21-12-5-3-2-4-6-12/h2-9H,10H2,1H3,(H,19,20). The molecule has 3 aromatic rings. The lowest BCUT2D eigenvalue weighted by atomic mass is 10.3. The molecule has 3 rings (SSSR count). The van der Waals surface area contributed by atoms with E-state index in [1.165, 1.54) is 0 Å². The van der Waals surface area contributed by atoms with Gasteiger partial charge >= 0.3 is 5.97 Å². The van der Waals surface area contributed by atoms with Crippen molar-refractivity contribution in [3.63, 3.8) is 0 Å². The number of ether oxygens (including phenoxy) is 1. The van der Waals surface area contributed by atoms with Gasteiger partial charge in [-0.3, -0.25) is 4.40 Å². The summed E-state index contributed by atoms with van der Waals surface area (Å²) < 4.78 is 7.19. The first-order valence-electron chi connectivity index (χ1n) is 6.54. The number of aromatic carboxylic acids is 1. The predicted octanol–water partition coefficient (Wildman–Crippen LogP) is 2.92. The van der Waals surface area contributed by atoms with Crippen LogP contribution in [0.25, 0.3) is 5.65 Å². The molecular weight excluding hydrogens is 268 g/mol. The number of rotatable bonds is 4. The van der Waals surface area contributed by atoms with E-state index in [1.54, 1.807) is 16.7 Å². The second kappa shape index (κ2) is 5.28. The van der Waals surface area contributed by atoms with Crippen LogP contribution in [0.15, 0.2) is 48.7 Å². The fraction of sp³-hybridized carbons (Fsp3) is 0.125. The zero-order chi connectivity index (χ0) is 14.8. The molecule has 5 heteroatoms. The van der Waals surface area contributed by atoms with Crippen LogP contribution >= 0.6 is 0 Å². The number of fused-ring (bicyclic) bond motifs is 1. The van der Waals surface area contributed by atoms with Crippen molar-refractivity contribution in [2.45, 2.75) is 13.5 Å². The number of para-hydroxylation sites is 1. The molecule has 0 fully saturated rings. The van der Waals surface area contributed by atoms with Gasteiger partial charge < -0.3 is 9.84 Å². The molecule has 106 valence electrons. The van der Waals surface area contributed by atoms with Gasteiger partial charge in [-0.15, -0.1) is 0 Å². The smallest absolute Gasteiger partial charge is 0.354 e. The molecule has 5 nitrogen and oxygen atoms in total. The van der Waals surface area contributed by atoms with Crippen molar-refractivity contribution >= 4 is 11.6 Å². The lowest BCUT2D eigenvalue weighted by molar-refractivity contribution is 0.0686. The fourth-order valence-electron chi connectivity index (χ4n) is 2.20. The quantitative estimate of drug-likeness (QED) is 0.799. The second-order valence-electron chi connectivity index (χ2n) is 4.75. The topological polar surface area (TPSA) is 63.8 Å².